The molecule has 2 amide bonds. The van der Waals surface area contributed by atoms with E-state index < -0.39 is 34.5 Å². The van der Waals surface area contributed by atoms with Gasteiger partial charge in [-0.05, 0) is 55.3 Å². The van der Waals surface area contributed by atoms with E-state index in [9.17, 15) is 22.8 Å². The molecule has 0 fully saturated rings. The average Bonchev–Trinajstić information content (AvgIpc) is 3.31. The van der Waals surface area contributed by atoms with Crippen molar-refractivity contribution in [2.24, 2.45) is 0 Å². The third-order valence-corrected chi connectivity index (χ3v) is 7.90. The normalized spacial score (nSPS) is 17.0. The van der Waals surface area contributed by atoms with Crippen LogP contribution in [-0.2, 0) is 21.2 Å². The number of ether oxygens (including phenoxy) is 1. The summed E-state index contributed by atoms with van der Waals surface area (Å²) >= 11 is 0. The maximum atomic E-state index is 13.4. The van der Waals surface area contributed by atoms with Crippen molar-refractivity contribution in [2.75, 3.05) is 11.0 Å². The molecule has 5 rings (SSSR count). The fourth-order valence-electron chi connectivity index (χ4n) is 4.36. The van der Waals surface area contributed by atoms with Gasteiger partial charge in [-0.1, -0.05) is 36.4 Å². The first kappa shape index (κ1) is 21.8. The largest absolute Gasteiger partial charge is 0.440 e. The first-order valence-corrected chi connectivity index (χ1v) is 12.1. The third-order valence-electron chi connectivity index (χ3n) is 5.97. The molecule has 8 nitrogen and oxygen atoms in total. The molecule has 0 aliphatic carbocycles. The second-order valence-corrected chi connectivity index (χ2v) is 9.97. The number of anilines is 1. The van der Waals surface area contributed by atoms with Crippen LogP contribution in [0.2, 0.25) is 0 Å². The zero-order chi connectivity index (χ0) is 24.0. The van der Waals surface area contributed by atoms with Crippen molar-refractivity contribution in [3.8, 4) is 0 Å². The van der Waals surface area contributed by atoms with Gasteiger partial charge in [-0.2, -0.15) is 0 Å². The van der Waals surface area contributed by atoms with Gasteiger partial charge >= 0.3 is 5.97 Å². The number of rotatable bonds is 5. The quantitative estimate of drug-likeness (QED) is 0.414. The maximum absolute atomic E-state index is 13.4. The molecule has 2 heterocycles. The molecular formula is C25H20N2O6S. The van der Waals surface area contributed by atoms with Crippen LogP contribution in [0.3, 0.4) is 0 Å². The molecule has 34 heavy (non-hydrogen) atoms. The minimum Gasteiger partial charge on any atom is -0.440 e. The smallest absolute Gasteiger partial charge is 0.339 e. The van der Waals surface area contributed by atoms with Crippen LogP contribution in [0.4, 0.5) is 5.69 Å². The molecule has 0 radical (unpaired) electrons. The van der Waals surface area contributed by atoms with Crippen LogP contribution in [0.25, 0.3) is 0 Å². The highest BCUT2D eigenvalue weighted by atomic mass is 32.2. The van der Waals surface area contributed by atoms with Crippen LogP contribution in [0, 0.1) is 0 Å². The Morgan fingerprint density at radius 3 is 2.29 bits per heavy atom. The fourth-order valence-corrected chi connectivity index (χ4v) is 6.10. The summed E-state index contributed by atoms with van der Waals surface area (Å²) in [7, 11) is -3.93. The Hall–Kier alpha value is -3.98. The molecule has 9 heteroatoms. The van der Waals surface area contributed by atoms with Crippen LogP contribution >= 0.6 is 0 Å². The van der Waals surface area contributed by atoms with Gasteiger partial charge in [0.25, 0.3) is 21.8 Å². The first-order valence-electron chi connectivity index (χ1n) is 10.6. The molecule has 3 aromatic rings. The summed E-state index contributed by atoms with van der Waals surface area (Å²) in [5.74, 6) is -1.94. The second-order valence-electron chi connectivity index (χ2n) is 8.16. The molecule has 1 atom stereocenters. The van der Waals surface area contributed by atoms with Gasteiger partial charge in [0.05, 0.1) is 27.3 Å². The number of nitrogens with zero attached hydrogens (tertiary/aromatic N) is 2. The fraction of sp³-hybridized carbons (Fsp3) is 0.160. The summed E-state index contributed by atoms with van der Waals surface area (Å²) in [6.07, 6.45) is 0.595. The Kier molecular flexibility index (Phi) is 5.21. The maximum Gasteiger partial charge on any atom is 0.339 e. The van der Waals surface area contributed by atoms with Gasteiger partial charge in [0, 0.05) is 6.04 Å². The molecule has 0 spiro atoms. The second kappa shape index (κ2) is 8.11. The Labute approximate surface area is 196 Å². The number of fused-ring (bicyclic) bond motifs is 2. The molecule has 0 saturated carbocycles. The van der Waals surface area contributed by atoms with E-state index in [4.69, 9.17) is 4.74 Å². The first-order chi connectivity index (χ1) is 16.3. The number of hydrogen-bond acceptors (Lipinski definition) is 6. The van der Waals surface area contributed by atoms with Crippen LogP contribution in [0.15, 0.2) is 77.7 Å². The van der Waals surface area contributed by atoms with E-state index >= 15 is 0 Å². The highest BCUT2D eigenvalue weighted by Crippen LogP contribution is 2.36. The van der Waals surface area contributed by atoms with Gasteiger partial charge < -0.3 is 4.74 Å². The number of esters is 1. The Bertz CT molecular complexity index is 1410. The van der Waals surface area contributed by atoms with Gasteiger partial charge in [-0.15, -0.1) is 0 Å². The lowest BCUT2D eigenvalue weighted by Crippen LogP contribution is -2.36. The van der Waals surface area contributed by atoms with Crippen LogP contribution < -0.4 is 4.31 Å². The summed E-state index contributed by atoms with van der Waals surface area (Å²) in [4.78, 5) is 38.4. The molecule has 0 saturated heterocycles. The average molecular weight is 477 g/mol. The minimum atomic E-state index is -3.93. The SMILES string of the molecule is C[C@@H]1Cc2ccccc2N1S(=O)(=O)c1cccc(C(=O)OCN2C(=O)c3ccccc3C2=O)c1. The highest BCUT2D eigenvalue weighted by Gasteiger charge is 2.37. The highest BCUT2D eigenvalue weighted by molar-refractivity contribution is 7.92. The van der Waals surface area contributed by atoms with Crippen LogP contribution in [0.5, 0.6) is 0 Å². The van der Waals surface area contributed by atoms with Crippen molar-refractivity contribution in [2.45, 2.75) is 24.3 Å². The van der Waals surface area contributed by atoms with Crippen molar-refractivity contribution in [1.29, 1.82) is 0 Å². The predicted molar refractivity (Wildman–Crippen MR) is 123 cm³/mol. The number of carbonyl (C=O) groups excluding carboxylic acids is 3. The summed E-state index contributed by atoms with van der Waals surface area (Å²) < 4.78 is 33.4. The van der Waals surface area contributed by atoms with E-state index in [0.717, 1.165) is 10.5 Å². The predicted octanol–water partition coefficient (Wildman–Crippen LogP) is 3.24. The zero-order valence-electron chi connectivity index (χ0n) is 18.2. The number of imide groups is 1. The monoisotopic (exact) mass is 476 g/mol. The number of benzene rings is 3. The van der Waals surface area contributed by atoms with Gasteiger partial charge in [0.1, 0.15) is 0 Å². The zero-order valence-corrected chi connectivity index (χ0v) is 19.0. The minimum absolute atomic E-state index is 0.00202. The van der Waals surface area contributed by atoms with Gasteiger partial charge in [0.15, 0.2) is 6.73 Å². The van der Waals surface area contributed by atoms with Crippen molar-refractivity contribution in [3.63, 3.8) is 0 Å². The molecule has 2 aliphatic heterocycles. The number of para-hydroxylation sites is 1. The summed E-state index contributed by atoms with van der Waals surface area (Å²) in [5.41, 5.74) is 2.05. The van der Waals surface area contributed by atoms with Crippen molar-refractivity contribution < 1.29 is 27.5 Å². The Morgan fingerprint density at radius 2 is 1.59 bits per heavy atom. The van der Waals surface area contributed by atoms with E-state index in [2.05, 4.69) is 0 Å². The van der Waals surface area contributed by atoms with E-state index in [1.165, 1.54) is 40.7 Å². The van der Waals surface area contributed by atoms with E-state index in [-0.39, 0.29) is 27.6 Å². The third kappa shape index (κ3) is 3.45. The van der Waals surface area contributed by atoms with Gasteiger partial charge in [0.2, 0.25) is 0 Å². The van der Waals surface area contributed by atoms with Gasteiger partial charge in [-0.3, -0.25) is 13.9 Å². The van der Waals surface area contributed by atoms with E-state index in [0.29, 0.717) is 12.1 Å². The lowest BCUT2D eigenvalue weighted by molar-refractivity contribution is 0.0228. The van der Waals surface area contributed by atoms with E-state index in [1.54, 1.807) is 24.3 Å². The number of amides is 2. The molecule has 0 bridgehead atoms. The molecule has 0 aromatic heterocycles. The summed E-state index contributed by atoms with van der Waals surface area (Å²) in [5, 5.41) is 0. The van der Waals surface area contributed by atoms with Crippen molar-refractivity contribution >= 4 is 33.5 Å². The van der Waals surface area contributed by atoms with E-state index in [1.807, 2.05) is 19.1 Å². The number of sulfonamides is 1. The summed E-state index contributed by atoms with van der Waals surface area (Å²) in [6.45, 7) is 1.26. The number of hydrogen-bond donors (Lipinski definition) is 0. The lowest BCUT2D eigenvalue weighted by Gasteiger charge is -2.24. The molecule has 0 unspecified atom stereocenters. The summed E-state index contributed by atoms with van der Waals surface area (Å²) in [6, 6.07) is 18.9. The molecule has 172 valence electrons. The van der Waals surface area contributed by atoms with Crippen molar-refractivity contribution in [3.05, 3.63) is 95.1 Å². The standard InChI is InChI=1S/C25H20N2O6S/c1-16-13-17-7-2-5-12-22(17)27(16)34(31,32)19-9-6-8-18(14-19)25(30)33-15-26-23(28)20-10-3-4-11-21(20)24(26)29/h2-12,14,16H,13,15H2,1H3/t16-/m1/s1. The Balaban J connectivity index is 1.35. The molecule has 3 aromatic carbocycles. The molecule has 0 N–H and O–H groups in total. The number of carbonyl (C=O) groups is 3. The topological polar surface area (TPSA) is 101 Å². The molecular weight excluding hydrogens is 456 g/mol. The van der Waals surface area contributed by atoms with Crippen LogP contribution in [0.1, 0.15) is 43.6 Å². The van der Waals surface area contributed by atoms with Crippen molar-refractivity contribution in [1.82, 2.24) is 4.90 Å². The Morgan fingerprint density at radius 1 is 0.941 bits per heavy atom. The lowest BCUT2D eigenvalue weighted by atomic mass is 10.1. The van der Waals surface area contributed by atoms with Gasteiger partial charge in [-0.25, -0.2) is 18.1 Å². The van der Waals surface area contributed by atoms with Crippen LogP contribution in [-0.4, -0.2) is 43.9 Å². The molecule has 2 aliphatic rings.